The summed E-state index contributed by atoms with van der Waals surface area (Å²) in [6.45, 7) is 1.27. The number of carbonyl (C=O) groups is 3. The number of amides is 2. The standard InChI is InChI=1S/C19H17F3N2O4/c1-12(13-5-3-2-4-6-13)23-16(25)11-28-17(26)14-7-9-15(10-8-14)24-18(27)19(20,21)22/h2-10,12H,11H2,1H3,(H,23,25)(H,24,27). The number of esters is 1. The van der Waals surface area contributed by atoms with Crippen LogP contribution in [0.3, 0.4) is 0 Å². The average Bonchev–Trinajstić information content (AvgIpc) is 2.66. The predicted octanol–water partition coefficient (Wildman–Crippen LogP) is 3.22. The van der Waals surface area contributed by atoms with Crippen LogP contribution in [0.2, 0.25) is 0 Å². The summed E-state index contributed by atoms with van der Waals surface area (Å²) in [6.07, 6.45) is -5.01. The summed E-state index contributed by atoms with van der Waals surface area (Å²) in [7, 11) is 0. The molecule has 2 amide bonds. The third kappa shape index (κ3) is 6.11. The van der Waals surface area contributed by atoms with Crippen molar-refractivity contribution in [3.05, 3.63) is 65.7 Å². The first-order chi connectivity index (χ1) is 13.2. The van der Waals surface area contributed by atoms with Gasteiger partial charge in [0.15, 0.2) is 6.61 Å². The molecule has 0 aliphatic carbocycles. The molecule has 1 unspecified atom stereocenters. The highest BCUT2D eigenvalue weighted by Gasteiger charge is 2.38. The van der Waals surface area contributed by atoms with Crippen LogP contribution in [0.4, 0.5) is 18.9 Å². The van der Waals surface area contributed by atoms with Gasteiger partial charge in [-0.25, -0.2) is 4.79 Å². The van der Waals surface area contributed by atoms with E-state index in [1.807, 2.05) is 30.3 Å². The lowest BCUT2D eigenvalue weighted by molar-refractivity contribution is -0.167. The minimum atomic E-state index is -5.01. The first kappa shape index (κ1) is 20.9. The van der Waals surface area contributed by atoms with E-state index in [1.165, 1.54) is 12.1 Å². The molecule has 0 saturated heterocycles. The quantitative estimate of drug-likeness (QED) is 0.737. The highest BCUT2D eigenvalue weighted by atomic mass is 19.4. The van der Waals surface area contributed by atoms with Crippen LogP contribution >= 0.6 is 0 Å². The molecule has 0 aliphatic heterocycles. The maximum atomic E-state index is 12.2. The molecular weight excluding hydrogens is 377 g/mol. The number of hydrogen-bond acceptors (Lipinski definition) is 4. The smallest absolute Gasteiger partial charge is 0.452 e. The van der Waals surface area contributed by atoms with Crippen molar-refractivity contribution in [1.29, 1.82) is 0 Å². The van der Waals surface area contributed by atoms with Gasteiger partial charge in [-0.15, -0.1) is 0 Å². The Labute approximate surface area is 158 Å². The summed E-state index contributed by atoms with van der Waals surface area (Å²) in [5.74, 6) is -3.44. The van der Waals surface area contributed by atoms with Gasteiger partial charge in [0.05, 0.1) is 11.6 Å². The van der Waals surface area contributed by atoms with Gasteiger partial charge in [-0.2, -0.15) is 13.2 Å². The molecule has 0 saturated carbocycles. The first-order valence-corrected chi connectivity index (χ1v) is 8.16. The molecule has 0 spiro atoms. The lowest BCUT2D eigenvalue weighted by Gasteiger charge is -2.14. The average molecular weight is 394 g/mol. The number of benzene rings is 2. The van der Waals surface area contributed by atoms with Gasteiger partial charge in [0.25, 0.3) is 5.91 Å². The van der Waals surface area contributed by atoms with E-state index >= 15 is 0 Å². The number of ether oxygens (including phenoxy) is 1. The van der Waals surface area contributed by atoms with Crippen LogP contribution in [-0.4, -0.2) is 30.6 Å². The second kappa shape index (κ2) is 9.03. The summed E-state index contributed by atoms with van der Waals surface area (Å²) in [4.78, 5) is 34.7. The van der Waals surface area contributed by atoms with Crippen LogP contribution in [0.5, 0.6) is 0 Å². The summed E-state index contributed by atoms with van der Waals surface area (Å²) in [5.41, 5.74) is 0.779. The fraction of sp³-hybridized carbons (Fsp3) is 0.211. The molecule has 1 atom stereocenters. The molecule has 0 bridgehead atoms. The van der Waals surface area contributed by atoms with Crippen molar-refractivity contribution >= 4 is 23.5 Å². The van der Waals surface area contributed by atoms with Gasteiger partial charge in [-0.3, -0.25) is 9.59 Å². The number of rotatable bonds is 6. The predicted molar refractivity (Wildman–Crippen MR) is 94.4 cm³/mol. The van der Waals surface area contributed by atoms with Crippen LogP contribution in [-0.2, 0) is 14.3 Å². The van der Waals surface area contributed by atoms with Crippen LogP contribution < -0.4 is 10.6 Å². The molecule has 6 nitrogen and oxygen atoms in total. The van der Waals surface area contributed by atoms with E-state index in [9.17, 15) is 27.6 Å². The molecule has 0 fully saturated rings. The highest BCUT2D eigenvalue weighted by molar-refractivity contribution is 5.96. The number of nitrogens with one attached hydrogen (secondary N) is 2. The Morgan fingerprint density at radius 2 is 1.61 bits per heavy atom. The van der Waals surface area contributed by atoms with Crippen molar-refractivity contribution in [2.75, 3.05) is 11.9 Å². The summed E-state index contributed by atoms with van der Waals surface area (Å²) >= 11 is 0. The SMILES string of the molecule is CC(NC(=O)COC(=O)c1ccc(NC(=O)C(F)(F)F)cc1)c1ccccc1. The molecule has 9 heteroatoms. The Morgan fingerprint density at radius 1 is 1.00 bits per heavy atom. The van der Waals surface area contributed by atoms with Crippen molar-refractivity contribution in [3.63, 3.8) is 0 Å². The van der Waals surface area contributed by atoms with Crippen LogP contribution in [0.15, 0.2) is 54.6 Å². The largest absolute Gasteiger partial charge is 0.471 e. The minimum Gasteiger partial charge on any atom is -0.452 e. The Morgan fingerprint density at radius 3 is 2.18 bits per heavy atom. The molecular formula is C19H17F3N2O4. The molecule has 148 valence electrons. The molecule has 2 N–H and O–H groups in total. The van der Waals surface area contributed by atoms with Crippen molar-refractivity contribution in [3.8, 4) is 0 Å². The maximum absolute atomic E-state index is 12.2. The van der Waals surface area contributed by atoms with E-state index in [2.05, 4.69) is 5.32 Å². The normalized spacial score (nSPS) is 12.0. The zero-order valence-corrected chi connectivity index (χ0v) is 14.7. The van der Waals surface area contributed by atoms with E-state index in [0.717, 1.165) is 17.7 Å². The fourth-order valence-corrected chi connectivity index (χ4v) is 2.21. The zero-order chi connectivity index (χ0) is 20.7. The van der Waals surface area contributed by atoms with E-state index in [4.69, 9.17) is 4.74 Å². The van der Waals surface area contributed by atoms with Crippen molar-refractivity contribution in [2.45, 2.75) is 19.1 Å². The van der Waals surface area contributed by atoms with Crippen LogP contribution in [0.25, 0.3) is 0 Å². The van der Waals surface area contributed by atoms with Gasteiger partial charge in [0.1, 0.15) is 0 Å². The molecule has 0 aliphatic rings. The van der Waals surface area contributed by atoms with Gasteiger partial charge in [-0.05, 0) is 36.8 Å². The highest BCUT2D eigenvalue weighted by Crippen LogP contribution is 2.18. The second-order valence-corrected chi connectivity index (χ2v) is 5.81. The van der Waals surface area contributed by atoms with Crippen LogP contribution in [0, 0.1) is 0 Å². The van der Waals surface area contributed by atoms with Gasteiger partial charge >= 0.3 is 18.1 Å². The Bertz CT molecular complexity index is 837. The van der Waals surface area contributed by atoms with Crippen molar-refractivity contribution < 1.29 is 32.3 Å². The van der Waals surface area contributed by atoms with Gasteiger partial charge in [0.2, 0.25) is 0 Å². The fourth-order valence-electron chi connectivity index (χ4n) is 2.21. The number of halogens is 3. The van der Waals surface area contributed by atoms with Gasteiger partial charge in [0, 0.05) is 5.69 Å². The molecule has 0 heterocycles. The third-order valence-electron chi connectivity index (χ3n) is 3.65. The Hall–Kier alpha value is -3.36. The van der Waals surface area contributed by atoms with Gasteiger partial charge in [-0.1, -0.05) is 30.3 Å². The number of carbonyl (C=O) groups excluding carboxylic acids is 3. The van der Waals surface area contributed by atoms with E-state index in [0.29, 0.717) is 0 Å². The van der Waals surface area contributed by atoms with E-state index in [-0.39, 0.29) is 17.3 Å². The summed E-state index contributed by atoms with van der Waals surface area (Å²) in [5, 5.41) is 4.33. The lowest BCUT2D eigenvalue weighted by Crippen LogP contribution is -2.31. The summed E-state index contributed by atoms with van der Waals surface area (Å²) < 4.78 is 41.5. The Kier molecular flexibility index (Phi) is 6.75. The molecule has 2 aromatic carbocycles. The number of anilines is 1. The molecule has 0 radical (unpaired) electrons. The topological polar surface area (TPSA) is 84.5 Å². The van der Waals surface area contributed by atoms with Gasteiger partial charge < -0.3 is 15.4 Å². The van der Waals surface area contributed by atoms with E-state index in [1.54, 1.807) is 12.2 Å². The molecule has 2 aromatic rings. The maximum Gasteiger partial charge on any atom is 0.471 e. The monoisotopic (exact) mass is 394 g/mol. The second-order valence-electron chi connectivity index (χ2n) is 5.81. The zero-order valence-electron chi connectivity index (χ0n) is 14.7. The Balaban J connectivity index is 1.84. The van der Waals surface area contributed by atoms with Crippen LogP contribution in [0.1, 0.15) is 28.9 Å². The molecule has 0 aromatic heterocycles. The molecule has 28 heavy (non-hydrogen) atoms. The number of alkyl halides is 3. The minimum absolute atomic E-state index is 0.0221. The van der Waals surface area contributed by atoms with Crippen molar-refractivity contribution in [1.82, 2.24) is 5.32 Å². The third-order valence-corrected chi connectivity index (χ3v) is 3.65. The van der Waals surface area contributed by atoms with Crippen molar-refractivity contribution in [2.24, 2.45) is 0 Å². The summed E-state index contributed by atoms with van der Waals surface area (Å²) in [6, 6.07) is 13.5. The number of hydrogen-bond donors (Lipinski definition) is 2. The lowest BCUT2D eigenvalue weighted by atomic mass is 10.1. The van der Waals surface area contributed by atoms with E-state index < -0.39 is 30.6 Å². The first-order valence-electron chi connectivity index (χ1n) is 8.16. The molecule has 2 rings (SSSR count).